The van der Waals surface area contributed by atoms with Crippen LogP contribution in [0.2, 0.25) is 0 Å². The van der Waals surface area contributed by atoms with Crippen molar-refractivity contribution >= 4 is 227 Å². The molecule has 782 valence electrons. The van der Waals surface area contributed by atoms with Gasteiger partial charge >= 0.3 is 36.3 Å². The molecule has 144 heavy (non-hydrogen) atoms. The minimum absolute atomic E-state index is 0. The fourth-order valence-electron chi connectivity index (χ4n) is 14.1. The number of alkyl halides is 3. The number of nitrogens with two attached hydrogens (primary N) is 1. The first-order valence-electron chi connectivity index (χ1n) is 43.8. The number of amides is 6. The molecule has 4 fully saturated rings. The third-order valence-corrected chi connectivity index (χ3v) is 24.6. The largest absolute Gasteiger partial charge is 0.490 e. The Morgan fingerprint density at radius 1 is 0.493 bits per heavy atom. The zero-order chi connectivity index (χ0) is 104. The SMILES string of the molecule is C.C.CC(=O)c1nn(CC(=O)N2CCC[C@H](CNC(=O)c3cccc(Br)n3)C2)c2ccc(-c3cnc(C)nc3)cc12.CC(=O)c1nn(CC(=O)O)c2ccc(-c3cnc(C)nc3)cc12.CC(C)(C)OC(=O)N1CCC[C@H](CN)C1.CC(C)(C)OC(=O)N1CCC[C@H](CNC(=O)c2cccc(Br)n2)C1.O=C(NC[C@H]1CCCNC1)c1cccc(Br)n1.O=C(O)C(F)(F)F.O=C(O)c1cccc(Br)n1.S.S=S.S=S=S=S. The zero-order valence-corrected chi connectivity index (χ0v) is 91.3. The summed E-state index contributed by atoms with van der Waals surface area (Å²) in [7, 11) is 2.34. The van der Waals surface area contributed by atoms with E-state index in [0.29, 0.717) is 132 Å². The highest BCUT2D eigenvalue weighted by atomic mass is 79.9. The summed E-state index contributed by atoms with van der Waals surface area (Å²) in [5.74, 6) is -3.08. The second-order valence-corrected chi connectivity index (χ2v) is 40.7. The van der Waals surface area contributed by atoms with Gasteiger partial charge in [0.1, 0.15) is 88.5 Å². The summed E-state index contributed by atoms with van der Waals surface area (Å²) in [6.07, 6.45) is 9.50. The first-order valence-corrected chi connectivity index (χ1v) is 52.3. The number of halogens is 7. The fourth-order valence-corrected chi connectivity index (χ4v) is 15.4. The van der Waals surface area contributed by atoms with E-state index in [-0.39, 0.29) is 112 Å². The van der Waals surface area contributed by atoms with Crippen LogP contribution in [0.5, 0.6) is 0 Å². The summed E-state index contributed by atoms with van der Waals surface area (Å²) in [6.45, 7) is 25.9. The number of carboxylic acid groups (broad SMARTS) is 3. The summed E-state index contributed by atoms with van der Waals surface area (Å²) >= 11 is 28.8. The molecule has 0 spiro atoms. The Hall–Kier alpha value is -10.4. The zero-order valence-electron chi connectivity index (χ0n) is 79.1. The van der Waals surface area contributed by atoms with Crippen molar-refractivity contribution in [2.75, 3.05) is 78.5 Å². The average molecular weight is 2390 g/mol. The minimum Gasteiger partial charge on any atom is -0.480 e. The Morgan fingerprint density at radius 2 is 0.826 bits per heavy atom. The maximum absolute atomic E-state index is 13.3. The molecular formula is C94H119Br4F3N20O16S7. The van der Waals surface area contributed by atoms with Crippen LogP contribution in [0.25, 0.3) is 44.1 Å². The van der Waals surface area contributed by atoms with Crippen LogP contribution in [0.1, 0.15) is 196 Å². The van der Waals surface area contributed by atoms with Gasteiger partial charge in [0.05, 0.1) is 11.0 Å². The highest BCUT2D eigenvalue weighted by molar-refractivity contribution is 9.11. The molecule has 0 bridgehead atoms. The van der Waals surface area contributed by atoms with E-state index in [1.165, 1.54) is 55.2 Å². The number of hydrogen-bond donors (Lipinski definition) is 8. The van der Waals surface area contributed by atoms with Crippen molar-refractivity contribution in [2.45, 2.75) is 166 Å². The summed E-state index contributed by atoms with van der Waals surface area (Å²) in [4.78, 5) is 166. The predicted molar refractivity (Wildman–Crippen MR) is 577 cm³/mol. The Bertz CT molecular complexity index is 6030. The van der Waals surface area contributed by atoms with Gasteiger partial charge in [0.2, 0.25) is 5.91 Å². The molecule has 12 heterocycles. The lowest BCUT2D eigenvalue weighted by Crippen LogP contribution is -2.45. The number of carboxylic acids is 3. The van der Waals surface area contributed by atoms with Crippen molar-refractivity contribution in [1.29, 1.82) is 0 Å². The first kappa shape index (κ1) is 128. The summed E-state index contributed by atoms with van der Waals surface area (Å²) in [5.41, 5.74) is 11.2. The van der Waals surface area contributed by atoms with Crippen LogP contribution >= 0.6 is 77.2 Å². The first-order chi connectivity index (χ1) is 66.7. The summed E-state index contributed by atoms with van der Waals surface area (Å²) < 4.78 is 47.8. The number of aromatic nitrogens is 12. The van der Waals surface area contributed by atoms with Gasteiger partial charge in [0.15, 0.2) is 11.6 Å². The molecule has 4 aliphatic heterocycles. The number of Topliss-reactive ketones (excluding diaryl/α,β-unsaturated/α-hetero) is 2. The number of likely N-dealkylation sites (tertiary alicyclic amines) is 3. The molecule has 0 aliphatic carbocycles. The number of benzene rings is 2. The van der Waals surface area contributed by atoms with Crippen LogP contribution in [0.15, 0.2) is 152 Å². The standard InChI is InChI=1S/C28H28BrN7O3.C17H24BrN3O3.C16H14N4O3.C12H16BrN3O.C11H22N2O2.C6H4BrNO2.C2HF3O2.2CH4.S4.S2.H2S/c1-17(37)27-22-11-20(21-13-30-18(2)31-14-21)8-9-24(22)36(34-27)16-26(38)35-10-4-5-19(15-35)12-32-28(39)23-6-3-7-25(29)33-23;1-17(2,3)24-16(23)21-9-5-6-12(11-21)10-19-15(22)13-7-4-8-14(18)20-13;1-9(21)16-13-5-11(12-6-17-10(2)18-7-12)3-4-14(13)20(19-16)8-15(22)23;13-11-5-1-4-10(16-11)12(17)15-8-9-3-2-6-14-7-9;1-11(2,3)15-10(14)13-6-4-5-9(7-12)8-13;7-5-3-1-2-4(8-5)6(9)10;3-2(4,5)1(6)7;;;1-3-4-2;1-2;/h3,6-9,11,13-14,19H,4-5,10,12,15-16H2,1-2H3,(H,32,39);4,7-8,12H,5-6,9-11H2,1-3H3,(H,19,22);3-7H,8H2,1-2H3,(H,22,23);1,4-5,9,14H,2-3,6-8H2,(H,15,17);9H,4-8,12H2,1-3H3;1-3H,(H,9,10);(H,6,7);2*1H4;;;1H2/t19-;12-;;2*9-;;;;;;;/m11.01......./s1. The second kappa shape index (κ2) is 63.9. The molecule has 9 N–H and O–H groups in total. The van der Waals surface area contributed by atoms with Gasteiger partial charge < -0.3 is 66.5 Å². The quantitative estimate of drug-likeness (QED) is 0.0275. The van der Waals surface area contributed by atoms with Crippen molar-refractivity contribution in [2.24, 2.45) is 29.4 Å². The number of piperidine rings is 4. The number of ketones is 2. The lowest BCUT2D eigenvalue weighted by Gasteiger charge is -2.34. The van der Waals surface area contributed by atoms with Gasteiger partial charge in [-0.2, -0.15) is 36.9 Å². The van der Waals surface area contributed by atoms with Crippen LogP contribution in [0.3, 0.4) is 0 Å². The smallest absolute Gasteiger partial charge is 0.480 e. The number of aromatic carboxylic acids is 1. The average Bonchev–Trinajstić information content (AvgIpc) is 1.63. The van der Waals surface area contributed by atoms with Crippen LogP contribution in [-0.4, -0.2) is 251 Å². The number of aliphatic carboxylic acids is 2. The molecule has 6 amide bonds. The van der Waals surface area contributed by atoms with Crippen molar-refractivity contribution in [3.63, 3.8) is 0 Å². The molecule has 4 atom stereocenters. The monoisotopic (exact) mass is 2380 g/mol. The summed E-state index contributed by atoms with van der Waals surface area (Å²) in [5, 5.41) is 46.6. The van der Waals surface area contributed by atoms with Crippen molar-refractivity contribution < 1.29 is 90.7 Å². The maximum Gasteiger partial charge on any atom is 0.490 e. The van der Waals surface area contributed by atoms with Crippen molar-refractivity contribution in [3.05, 3.63) is 198 Å². The molecule has 0 saturated carbocycles. The number of hydrogen-bond acceptors (Lipinski definition) is 29. The number of fused-ring (bicyclic) bond motifs is 2. The Kier molecular flexibility index (Phi) is 56.7. The van der Waals surface area contributed by atoms with Gasteiger partial charge in [-0.15, -0.1) is 0 Å². The van der Waals surface area contributed by atoms with Crippen molar-refractivity contribution in [3.8, 4) is 22.3 Å². The van der Waals surface area contributed by atoms with E-state index in [0.717, 1.165) is 93.5 Å². The second-order valence-electron chi connectivity index (χ2n) is 33.9. The van der Waals surface area contributed by atoms with Crippen LogP contribution < -0.4 is 27.0 Å². The Balaban J connectivity index is 0.000000449. The van der Waals surface area contributed by atoms with Gasteiger partial charge in [-0.05, 0) is 298 Å². The third kappa shape index (κ3) is 44.9. The molecular weight excluding hydrogens is 2270 g/mol. The topological polar surface area (TPSA) is 490 Å². The van der Waals surface area contributed by atoms with Gasteiger partial charge in [0, 0.05) is 182 Å². The highest BCUT2D eigenvalue weighted by Crippen LogP contribution is 2.31. The number of rotatable bonds is 19. The molecule has 36 nitrogen and oxygen atoms in total. The predicted octanol–water partition coefficient (Wildman–Crippen LogP) is 15.9. The minimum atomic E-state index is -5.08. The number of ether oxygens (including phenoxy) is 2. The molecule has 14 rings (SSSR count). The maximum atomic E-state index is 13.3. The van der Waals surface area contributed by atoms with E-state index in [1.807, 2.05) is 95.8 Å². The van der Waals surface area contributed by atoms with E-state index in [1.54, 1.807) is 107 Å². The lowest BCUT2D eigenvalue weighted by molar-refractivity contribution is -0.192. The highest BCUT2D eigenvalue weighted by Gasteiger charge is 2.39. The number of carbonyl (C=O) groups excluding carboxylic acids is 8. The Morgan fingerprint density at radius 3 is 1.15 bits per heavy atom. The molecule has 4 saturated heterocycles. The normalized spacial score (nSPS) is 15.0. The van der Waals surface area contributed by atoms with Crippen LogP contribution in [0.4, 0.5) is 22.8 Å². The van der Waals surface area contributed by atoms with E-state index in [4.69, 9.17) is 35.3 Å². The number of aryl methyl sites for hydroxylation is 2. The molecule has 0 radical (unpaired) electrons. The van der Waals surface area contributed by atoms with Gasteiger partial charge in [0.25, 0.3) is 17.7 Å². The van der Waals surface area contributed by atoms with Crippen LogP contribution in [0, 0.1) is 37.5 Å². The van der Waals surface area contributed by atoms with Crippen LogP contribution in [-0.2, 0) is 99.5 Å². The van der Waals surface area contributed by atoms with Gasteiger partial charge in [-0.3, -0.25) is 42.9 Å². The fraction of sp³-hybridized carbons (Fsp3) is 0.436. The van der Waals surface area contributed by atoms with E-state index >= 15 is 0 Å². The number of pyridine rings is 4. The summed E-state index contributed by atoms with van der Waals surface area (Å²) in [6, 6.07) is 31.6. The molecule has 4 aliphatic rings. The molecule has 0 unspecified atom stereocenters. The number of carbonyl (C=O) groups is 11. The Labute approximate surface area is 899 Å². The van der Waals surface area contributed by atoms with E-state index in [9.17, 15) is 61.1 Å². The van der Waals surface area contributed by atoms with Gasteiger partial charge in [-0.25, -0.2) is 59.0 Å². The van der Waals surface area contributed by atoms with Gasteiger partial charge in [-0.1, -0.05) is 51.3 Å². The molecule has 2 aromatic carbocycles. The molecule has 50 heteroatoms. The lowest BCUT2D eigenvalue weighted by atomic mass is 9.98. The molecule has 8 aromatic heterocycles. The number of nitrogens with zero attached hydrogens (tertiary/aromatic N) is 15. The van der Waals surface area contributed by atoms with E-state index in [2.05, 4.69) is 180 Å². The molecule has 10 aromatic rings. The third-order valence-electron chi connectivity index (χ3n) is 20.6. The number of nitrogens with one attached hydrogen (secondary N) is 4. The van der Waals surface area contributed by atoms with Crippen molar-refractivity contribution in [1.82, 2.24) is 95.4 Å². The van der Waals surface area contributed by atoms with E-state index < -0.39 is 35.3 Å².